The molecule has 0 aliphatic carbocycles. The number of aliphatic imine (C=N–C) groups is 1. The Bertz CT molecular complexity index is 1340. The predicted molar refractivity (Wildman–Crippen MR) is 148 cm³/mol. The van der Waals surface area contributed by atoms with Gasteiger partial charge in [0.15, 0.2) is 0 Å². The lowest BCUT2D eigenvalue weighted by molar-refractivity contribution is -0.121. The van der Waals surface area contributed by atoms with Crippen LogP contribution in [-0.2, 0) is 11.3 Å². The lowest BCUT2D eigenvalue weighted by Crippen LogP contribution is -2.42. The van der Waals surface area contributed by atoms with E-state index in [-0.39, 0.29) is 24.0 Å². The maximum Gasteiger partial charge on any atom is 0.222 e. The summed E-state index contributed by atoms with van der Waals surface area (Å²) in [6.07, 6.45) is -0.0462. The summed E-state index contributed by atoms with van der Waals surface area (Å²) in [6, 6.07) is 19.4. The minimum absolute atomic E-state index is 0.0462. The maximum atomic E-state index is 12.9. The van der Waals surface area contributed by atoms with Crippen molar-refractivity contribution in [3.05, 3.63) is 88.4 Å². The van der Waals surface area contributed by atoms with E-state index in [2.05, 4.69) is 17.9 Å². The van der Waals surface area contributed by atoms with Gasteiger partial charge in [0.1, 0.15) is 23.5 Å². The standard InChI is InChI=1S/C27H26ClN5O2S/c1-16(29)33-24-12-9-20(35-2)13-22(24)26(18-5-7-19(28)8-6-18)32-23(27(33)30)14-25(34)31-15-17-3-10-21(36)11-4-17/h3-13,23,29-30,36H,14-15H2,1-2H3,(H,31,34). The number of amidine groups is 2. The van der Waals surface area contributed by atoms with E-state index in [1.54, 1.807) is 38.3 Å². The molecule has 3 aromatic rings. The van der Waals surface area contributed by atoms with Crippen LogP contribution >= 0.6 is 24.2 Å². The van der Waals surface area contributed by atoms with Crippen molar-refractivity contribution in [2.75, 3.05) is 12.0 Å². The van der Waals surface area contributed by atoms with Crippen molar-refractivity contribution >= 4 is 53.2 Å². The molecule has 1 atom stereocenters. The Morgan fingerprint density at radius 2 is 1.83 bits per heavy atom. The van der Waals surface area contributed by atoms with Gasteiger partial charge in [0.2, 0.25) is 5.91 Å². The van der Waals surface area contributed by atoms with Gasteiger partial charge in [0, 0.05) is 27.6 Å². The van der Waals surface area contributed by atoms with E-state index in [4.69, 9.17) is 32.1 Å². The number of thiol groups is 1. The fourth-order valence-electron chi connectivity index (χ4n) is 4.00. The van der Waals surface area contributed by atoms with Crippen LogP contribution in [0.15, 0.2) is 76.6 Å². The number of hydrogen-bond donors (Lipinski definition) is 4. The van der Waals surface area contributed by atoms with E-state index < -0.39 is 6.04 Å². The van der Waals surface area contributed by atoms with Gasteiger partial charge >= 0.3 is 0 Å². The van der Waals surface area contributed by atoms with E-state index in [0.717, 1.165) is 16.0 Å². The Morgan fingerprint density at radius 1 is 1.14 bits per heavy atom. The summed E-state index contributed by atoms with van der Waals surface area (Å²) in [5, 5.41) is 20.8. The number of rotatable bonds is 6. The fourth-order valence-corrected chi connectivity index (χ4v) is 4.27. The molecule has 0 aromatic heterocycles. The molecule has 1 aliphatic heterocycles. The summed E-state index contributed by atoms with van der Waals surface area (Å²) in [7, 11) is 1.58. The number of halogens is 1. The van der Waals surface area contributed by atoms with Crippen LogP contribution in [0, 0.1) is 10.8 Å². The number of fused-ring (bicyclic) bond motifs is 1. The Labute approximate surface area is 220 Å². The summed E-state index contributed by atoms with van der Waals surface area (Å²) in [5.41, 5.74) is 3.64. The van der Waals surface area contributed by atoms with Gasteiger partial charge in [0.05, 0.1) is 24.9 Å². The van der Waals surface area contributed by atoms with Crippen molar-refractivity contribution in [3.63, 3.8) is 0 Å². The number of carbonyl (C=O) groups excluding carboxylic acids is 1. The topological polar surface area (TPSA) is 102 Å². The molecule has 0 bridgehead atoms. The summed E-state index contributed by atoms with van der Waals surface area (Å²) in [4.78, 5) is 20.2. The van der Waals surface area contributed by atoms with Crippen molar-refractivity contribution in [1.82, 2.24) is 5.32 Å². The third-order valence-corrected chi connectivity index (χ3v) is 6.35. The zero-order valence-electron chi connectivity index (χ0n) is 19.9. The molecule has 0 spiro atoms. The molecular formula is C27H26ClN5O2S. The van der Waals surface area contributed by atoms with Gasteiger partial charge in [-0.15, -0.1) is 12.6 Å². The number of ether oxygens (including phenoxy) is 1. The second kappa shape index (κ2) is 11.0. The summed E-state index contributed by atoms with van der Waals surface area (Å²) >= 11 is 10.4. The number of benzene rings is 3. The number of anilines is 1. The first-order chi connectivity index (χ1) is 17.3. The van der Waals surface area contributed by atoms with Crippen LogP contribution in [0.5, 0.6) is 5.75 Å². The Balaban J connectivity index is 1.72. The first-order valence-corrected chi connectivity index (χ1v) is 12.1. The zero-order valence-corrected chi connectivity index (χ0v) is 21.5. The molecule has 1 aliphatic rings. The fraction of sp³-hybridized carbons (Fsp3) is 0.185. The first-order valence-electron chi connectivity index (χ1n) is 11.3. The highest BCUT2D eigenvalue weighted by atomic mass is 35.5. The van der Waals surface area contributed by atoms with Crippen LogP contribution in [0.4, 0.5) is 5.69 Å². The number of nitrogens with zero attached hydrogens (tertiary/aromatic N) is 2. The van der Waals surface area contributed by atoms with Crippen LogP contribution in [0.2, 0.25) is 5.02 Å². The summed E-state index contributed by atoms with van der Waals surface area (Å²) < 4.78 is 5.45. The zero-order chi connectivity index (χ0) is 25.8. The van der Waals surface area contributed by atoms with Crippen LogP contribution in [0.3, 0.4) is 0 Å². The van der Waals surface area contributed by atoms with Crippen molar-refractivity contribution in [3.8, 4) is 5.75 Å². The van der Waals surface area contributed by atoms with E-state index in [1.807, 2.05) is 42.5 Å². The third-order valence-electron chi connectivity index (χ3n) is 5.80. The van der Waals surface area contributed by atoms with E-state index in [1.165, 1.54) is 4.90 Å². The molecule has 3 N–H and O–H groups in total. The minimum atomic E-state index is -0.811. The highest BCUT2D eigenvalue weighted by molar-refractivity contribution is 7.80. The van der Waals surface area contributed by atoms with Gasteiger partial charge in [-0.1, -0.05) is 35.9 Å². The van der Waals surface area contributed by atoms with Gasteiger partial charge < -0.3 is 10.1 Å². The number of amides is 1. The first kappa shape index (κ1) is 25.5. The molecule has 0 saturated carbocycles. The SMILES string of the molecule is COc1ccc2c(c1)C(c1ccc(Cl)cc1)=NC(CC(=O)NCc1ccc(S)cc1)C(=N)N2C(C)=N. The summed E-state index contributed by atoms with van der Waals surface area (Å²) in [5.74, 6) is 0.571. The number of carbonyl (C=O) groups is 1. The molecule has 184 valence electrons. The van der Waals surface area contributed by atoms with Gasteiger partial charge in [-0.3, -0.25) is 25.5 Å². The Morgan fingerprint density at radius 3 is 2.47 bits per heavy atom. The van der Waals surface area contributed by atoms with Crippen molar-refractivity contribution in [2.45, 2.75) is 30.8 Å². The van der Waals surface area contributed by atoms with Gasteiger partial charge in [-0.05, 0) is 55.0 Å². The minimum Gasteiger partial charge on any atom is -0.497 e. The number of benzodiazepines with no additional fused rings is 1. The molecule has 9 heteroatoms. The highest BCUT2D eigenvalue weighted by Crippen LogP contribution is 2.33. The molecule has 0 fully saturated rings. The van der Waals surface area contributed by atoms with E-state index in [9.17, 15) is 4.79 Å². The van der Waals surface area contributed by atoms with E-state index >= 15 is 0 Å². The van der Waals surface area contributed by atoms with E-state index in [0.29, 0.717) is 34.3 Å². The third kappa shape index (κ3) is 5.61. The Hall–Kier alpha value is -3.62. The maximum absolute atomic E-state index is 12.9. The number of methoxy groups -OCH3 is 1. The highest BCUT2D eigenvalue weighted by Gasteiger charge is 2.32. The second-order valence-electron chi connectivity index (χ2n) is 8.34. The van der Waals surface area contributed by atoms with Crippen LogP contribution in [-0.4, -0.2) is 36.4 Å². The Kier molecular flexibility index (Phi) is 7.76. The molecule has 0 saturated heterocycles. The molecule has 1 heterocycles. The second-order valence-corrected chi connectivity index (χ2v) is 9.29. The van der Waals surface area contributed by atoms with Crippen LogP contribution in [0.1, 0.15) is 30.0 Å². The van der Waals surface area contributed by atoms with Crippen molar-refractivity contribution in [1.29, 1.82) is 10.8 Å². The normalized spacial score (nSPS) is 15.0. The van der Waals surface area contributed by atoms with Crippen molar-refractivity contribution in [2.24, 2.45) is 4.99 Å². The van der Waals surface area contributed by atoms with Crippen LogP contribution < -0.4 is 15.0 Å². The quantitative estimate of drug-likeness (QED) is 0.201. The van der Waals surface area contributed by atoms with Crippen molar-refractivity contribution < 1.29 is 9.53 Å². The van der Waals surface area contributed by atoms with Gasteiger partial charge in [-0.2, -0.15) is 0 Å². The molecule has 1 amide bonds. The smallest absolute Gasteiger partial charge is 0.222 e. The average Bonchev–Trinajstić information content (AvgIpc) is 2.98. The average molecular weight is 520 g/mol. The van der Waals surface area contributed by atoms with Gasteiger partial charge in [0.25, 0.3) is 0 Å². The lowest BCUT2D eigenvalue weighted by Gasteiger charge is -2.26. The summed E-state index contributed by atoms with van der Waals surface area (Å²) in [6.45, 7) is 1.96. The molecule has 3 aromatic carbocycles. The number of nitrogens with one attached hydrogen (secondary N) is 3. The molecule has 4 rings (SSSR count). The molecule has 1 unspecified atom stereocenters. The monoisotopic (exact) mass is 519 g/mol. The molecule has 0 radical (unpaired) electrons. The molecular weight excluding hydrogens is 494 g/mol. The lowest BCUT2D eigenvalue weighted by atomic mass is 9.99. The van der Waals surface area contributed by atoms with Gasteiger partial charge in [-0.25, -0.2) is 0 Å². The molecule has 7 nitrogen and oxygen atoms in total. The predicted octanol–water partition coefficient (Wildman–Crippen LogP) is 5.34. The molecule has 36 heavy (non-hydrogen) atoms. The van der Waals surface area contributed by atoms with Crippen LogP contribution in [0.25, 0.3) is 0 Å². The largest absolute Gasteiger partial charge is 0.497 e. The number of hydrogen-bond acceptors (Lipinski definition) is 6.